The van der Waals surface area contributed by atoms with Crippen LogP contribution in [0.1, 0.15) is 28.3 Å². The molecule has 4 rings (SSSR count). The first-order valence-corrected chi connectivity index (χ1v) is 9.76. The van der Waals surface area contributed by atoms with Gasteiger partial charge in [0.2, 0.25) is 5.91 Å². The van der Waals surface area contributed by atoms with Gasteiger partial charge < -0.3 is 15.4 Å². The largest absolute Gasteiger partial charge is 0.456 e. The average molecular weight is 405 g/mol. The zero-order valence-corrected chi connectivity index (χ0v) is 17.1. The number of aryl methyl sites for hydroxylation is 2. The zero-order valence-electron chi connectivity index (χ0n) is 17.1. The number of nitrogens with zero attached hydrogens (tertiary/aromatic N) is 1. The summed E-state index contributed by atoms with van der Waals surface area (Å²) < 4.78 is 5.21. The van der Waals surface area contributed by atoms with Gasteiger partial charge in [-0.1, -0.05) is 42.0 Å². The molecule has 0 bridgehead atoms. The smallest absolute Gasteiger partial charge is 0.338 e. The summed E-state index contributed by atoms with van der Waals surface area (Å²) in [7, 11) is 0. The molecule has 154 valence electrons. The Hall–Kier alpha value is -3.61. The van der Waals surface area contributed by atoms with Crippen LogP contribution in [-0.4, -0.2) is 36.0 Å². The van der Waals surface area contributed by atoms with Crippen LogP contribution < -0.4 is 10.6 Å². The fraction of sp³-hybridized carbons (Fsp3) is 0.261. The molecule has 2 aliphatic rings. The van der Waals surface area contributed by atoms with Crippen molar-refractivity contribution in [1.29, 1.82) is 0 Å². The third-order valence-corrected chi connectivity index (χ3v) is 5.59. The van der Waals surface area contributed by atoms with E-state index in [2.05, 4.69) is 10.6 Å². The molecule has 2 N–H and O–H groups in total. The van der Waals surface area contributed by atoms with Crippen molar-refractivity contribution in [2.75, 3.05) is 18.5 Å². The first-order chi connectivity index (χ1) is 14.3. The highest BCUT2D eigenvalue weighted by Gasteiger charge is 2.42. The van der Waals surface area contributed by atoms with E-state index in [0.29, 0.717) is 17.0 Å². The highest BCUT2D eigenvalue weighted by Crippen LogP contribution is 2.35. The second-order valence-corrected chi connectivity index (χ2v) is 7.61. The highest BCUT2D eigenvalue weighted by atomic mass is 16.5. The zero-order chi connectivity index (χ0) is 21.4. The van der Waals surface area contributed by atoms with Gasteiger partial charge in [-0.05, 0) is 43.5 Å². The minimum atomic E-state index is -0.596. The molecule has 0 unspecified atom stereocenters. The van der Waals surface area contributed by atoms with Crippen LogP contribution in [0.5, 0.6) is 0 Å². The van der Waals surface area contributed by atoms with Crippen molar-refractivity contribution >= 4 is 23.6 Å². The maximum atomic E-state index is 12.8. The van der Waals surface area contributed by atoms with Gasteiger partial charge in [-0.15, -0.1) is 0 Å². The normalized spacial score (nSPS) is 18.1. The Kier molecular flexibility index (Phi) is 5.03. The third kappa shape index (κ3) is 3.54. The summed E-state index contributed by atoms with van der Waals surface area (Å²) in [4.78, 5) is 39.2. The van der Waals surface area contributed by atoms with Crippen LogP contribution in [-0.2, 0) is 14.3 Å². The first kappa shape index (κ1) is 19.7. The van der Waals surface area contributed by atoms with Gasteiger partial charge >= 0.3 is 12.0 Å². The van der Waals surface area contributed by atoms with Crippen molar-refractivity contribution in [3.8, 4) is 0 Å². The van der Waals surface area contributed by atoms with Gasteiger partial charge in [-0.2, -0.15) is 0 Å². The lowest BCUT2D eigenvalue weighted by Crippen LogP contribution is -2.49. The van der Waals surface area contributed by atoms with E-state index < -0.39 is 18.0 Å². The van der Waals surface area contributed by atoms with Gasteiger partial charge in [-0.25, -0.2) is 9.59 Å². The molecule has 0 saturated carbocycles. The molecule has 0 spiro atoms. The van der Waals surface area contributed by atoms with Gasteiger partial charge in [0.1, 0.15) is 13.2 Å². The Balaban J connectivity index is 1.60. The van der Waals surface area contributed by atoms with Crippen LogP contribution in [0.3, 0.4) is 0 Å². The van der Waals surface area contributed by atoms with Crippen molar-refractivity contribution < 1.29 is 19.1 Å². The summed E-state index contributed by atoms with van der Waals surface area (Å²) >= 11 is 0. The minimum absolute atomic E-state index is 0.0271. The Morgan fingerprint density at radius 1 is 1.13 bits per heavy atom. The number of ether oxygens (including phenoxy) is 1. The Bertz CT molecular complexity index is 1070. The summed E-state index contributed by atoms with van der Waals surface area (Å²) in [5.41, 5.74) is 5.40. The van der Waals surface area contributed by atoms with Gasteiger partial charge in [0.25, 0.3) is 0 Å². The maximum Gasteiger partial charge on any atom is 0.338 e. The lowest BCUT2D eigenvalue weighted by atomic mass is 9.95. The lowest BCUT2D eigenvalue weighted by molar-refractivity contribution is -0.136. The molecule has 2 heterocycles. The molecular formula is C23H23N3O4. The summed E-state index contributed by atoms with van der Waals surface area (Å²) in [5, 5.41) is 5.69. The molecule has 7 nitrogen and oxygen atoms in total. The quantitative estimate of drug-likeness (QED) is 0.765. The number of carbonyl (C=O) groups is 3. The van der Waals surface area contributed by atoms with Gasteiger partial charge in [0.05, 0.1) is 17.3 Å². The molecule has 2 aromatic carbocycles. The summed E-state index contributed by atoms with van der Waals surface area (Å²) in [5.74, 6) is -0.825. The van der Waals surface area contributed by atoms with Crippen LogP contribution in [0.2, 0.25) is 0 Å². The van der Waals surface area contributed by atoms with Crippen molar-refractivity contribution in [2.24, 2.45) is 0 Å². The van der Waals surface area contributed by atoms with Crippen molar-refractivity contribution in [3.63, 3.8) is 0 Å². The Morgan fingerprint density at radius 2 is 1.87 bits per heavy atom. The second-order valence-electron chi connectivity index (χ2n) is 7.61. The number of carbonyl (C=O) groups excluding carboxylic acids is 3. The van der Waals surface area contributed by atoms with E-state index in [0.717, 1.165) is 22.3 Å². The van der Waals surface area contributed by atoms with E-state index in [-0.39, 0.29) is 19.1 Å². The third-order valence-electron chi connectivity index (χ3n) is 5.59. The number of hydrogen-bond acceptors (Lipinski definition) is 4. The number of urea groups is 1. The number of cyclic esters (lactones) is 1. The predicted octanol–water partition coefficient (Wildman–Crippen LogP) is 3.13. The van der Waals surface area contributed by atoms with Crippen molar-refractivity contribution in [1.82, 2.24) is 10.2 Å². The lowest BCUT2D eigenvalue weighted by Gasteiger charge is -2.32. The van der Waals surface area contributed by atoms with E-state index >= 15 is 0 Å². The molecule has 1 atom stereocenters. The molecule has 0 saturated heterocycles. The van der Waals surface area contributed by atoms with E-state index in [1.165, 1.54) is 4.90 Å². The Morgan fingerprint density at radius 3 is 2.60 bits per heavy atom. The number of rotatable bonds is 4. The maximum absolute atomic E-state index is 12.8. The fourth-order valence-electron chi connectivity index (χ4n) is 3.71. The average Bonchev–Trinajstić information content (AvgIpc) is 3.10. The molecule has 3 amide bonds. The van der Waals surface area contributed by atoms with Crippen LogP contribution in [0.15, 0.2) is 53.7 Å². The number of amides is 3. The van der Waals surface area contributed by atoms with Crippen molar-refractivity contribution in [3.05, 3.63) is 76.0 Å². The van der Waals surface area contributed by atoms with Crippen LogP contribution in [0, 0.1) is 20.8 Å². The van der Waals surface area contributed by atoms with Crippen LogP contribution in [0.25, 0.3) is 0 Å². The monoisotopic (exact) mass is 405 g/mol. The first-order valence-electron chi connectivity index (χ1n) is 9.76. The van der Waals surface area contributed by atoms with Gasteiger partial charge in [-0.3, -0.25) is 9.69 Å². The SMILES string of the molecule is Cc1ccc([C@H]2NC(=O)N(CC(=O)Nc3cccc(C)c3C)C3=C2C(=O)OC3)cc1. The predicted molar refractivity (Wildman–Crippen MR) is 112 cm³/mol. The van der Waals surface area contributed by atoms with Gasteiger partial charge in [0, 0.05) is 5.69 Å². The summed E-state index contributed by atoms with van der Waals surface area (Å²) in [6.45, 7) is 5.62. The topological polar surface area (TPSA) is 87.7 Å². The van der Waals surface area contributed by atoms with E-state index in [4.69, 9.17) is 4.74 Å². The number of anilines is 1. The fourth-order valence-corrected chi connectivity index (χ4v) is 3.71. The molecule has 0 radical (unpaired) electrons. The van der Waals surface area contributed by atoms with Gasteiger partial charge in [0.15, 0.2) is 0 Å². The van der Waals surface area contributed by atoms with Crippen LogP contribution in [0.4, 0.5) is 10.5 Å². The number of nitrogens with one attached hydrogen (secondary N) is 2. The number of esters is 1. The molecule has 0 aromatic heterocycles. The summed E-state index contributed by atoms with van der Waals surface area (Å²) in [6, 6.07) is 12.2. The van der Waals surface area contributed by atoms with Crippen LogP contribution >= 0.6 is 0 Å². The van der Waals surface area contributed by atoms with E-state index in [1.807, 2.05) is 63.2 Å². The Labute approximate surface area is 174 Å². The van der Waals surface area contributed by atoms with E-state index in [1.54, 1.807) is 0 Å². The molecule has 7 heteroatoms. The van der Waals surface area contributed by atoms with E-state index in [9.17, 15) is 14.4 Å². The molecule has 0 fully saturated rings. The summed E-state index contributed by atoms with van der Waals surface area (Å²) in [6.07, 6.45) is 0. The highest BCUT2D eigenvalue weighted by molar-refractivity contribution is 6.00. The minimum Gasteiger partial charge on any atom is -0.456 e. The molecule has 2 aliphatic heterocycles. The second kappa shape index (κ2) is 7.67. The molecular weight excluding hydrogens is 382 g/mol. The molecule has 30 heavy (non-hydrogen) atoms. The molecule has 2 aromatic rings. The molecule has 0 aliphatic carbocycles. The number of hydrogen-bond donors (Lipinski definition) is 2. The van der Waals surface area contributed by atoms with Crippen molar-refractivity contribution in [2.45, 2.75) is 26.8 Å². The standard InChI is InChI=1S/C23H23N3O4/c1-13-7-9-16(10-8-13)21-20-18(12-30-22(20)28)26(23(29)25-21)11-19(27)24-17-6-4-5-14(2)15(17)3/h4-10,21H,11-12H2,1-3H3,(H,24,27)(H,25,29)/t21-/m1/s1. The number of benzene rings is 2.